The van der Waals surface area contributed by atoms with Crippen molar-refractivity contribution >= 4 is 15.9 Å². The third-order valence-corrected chi connectivity index (χ3v) is 4.85. The molecule has 1 aromatic carbocycles. The van der Waals surface area contributed by atoms with Crippen LogP contribution in [0.4, 0.5) is 0 Å². The topological polar surface area (TPSA) is 12.0 Å². The molecule has 0 aliphatic heterocycles. The molecule has 1 N–H and O–H groups in total. The fourth-order valence-corrected chi connectivity index (χ4v) is 3.65. The summed E-state index contributed by atoms with van der Waals surface area (Å²) in [4.78, 5) is 0. The molecular formula is C16H24BrN. The Bertz CT molecular complexity index is 377. The Morgan fingerprint density at radius 2 is 2.11 bits per heavy atom. The standard InChI is InChI=1S/C16H24BrN/c1-12-6-5-7-14(10-12)11-18-13(2)15-8-3-4-9-16(15)17/h3-4,8-9,12-14,18H,5-7,10-11H2,1-2H3/t12?,13-,14?/m1/s1. The maximum Gasteiger partial charge on any atom is 0.0303 e. The van der Waals surface area contributed by atoms with Gasteiger partial charge in [0.05, 0.1) is 0 Å². The largest absolute Gasteiger partial charge is 0.310 e. The van der Waals surface area contributed by atoms with E-state index in [9.17, 15) is 0 Å². The summed E-state index contributed by atoms with van der Waals surface area (Å²) >= 11 is 3.63. The van der Waals surface area contributed by atoms with Gasteiger partial charge in [-0.3, -0.25) is 0 Å². The van der Waals surface area contributed by atoms with Crippen LogP contribution in [0, 0.1) is 11.8 Å². The summed E-state index contributed by atoms with van der Waals surface area (Å²) in [5, 5.41) is 3.70. The average molecular weight is 310 g/mol. The molecular weight excluding hydrogens is 286 g/mol. The highest BCUT2D eigenvalue weighted by Crippen LogP contribution is 2.29. The van der Waals surface area contributed by atoms with Crippen LogP contribution in [0.3, 0.4) is 0 Å². The van der Waals surface area contributed by atoms with Crippen molar-refractivity contribution in [3.05, 3.63) is 34.3 Å². The van der Waals surface area contributed by atoms with Crippen LogP contribution < -0.4 is 5.32 Å². The van der Waals surface area contributed by atoms with Crippen LogP contribution in [0.25, 0.3) is 0 Å². The number of hydrogen-bond acceptors (Lipinski definition) is 1. The third kappa shape index (κ3) is 3.83. The zero-order valence-electron chi connectivity index (χ0n) is 11.5. The fraction of sp³-hybridized carbons (Fsp3) is 0.625. The Kier molecular flexibility index (Phi) is 5.25. The average Bonchev–Trinajstić information content (AvgIpc) is 2.37. The summed E-state index contributed by atoms with van der Waals surface area (Å²) in [6.45, 7) is 5.81. The predicted octanol–water partition coefficient (Wildman–Crippen LogP) is 4.93. The highest BCUT2D eigenvalue weighted by atomic mass is 79.9. The molecule has 1 aliphatic carbocycles. The van der Waals surface area contributed by atoms with Gasteiger partial charge in [0, 0.05) is 10.5 Å². The van der Waals surface area contributed by atoms with Crippen molar-refractivity contribution in [2.75, 3.05) is 6.54 Å². The van der Waals surface area contributed by atoms with Crippen LogP contribution in [0.15, 0.2) is 28.7 Å². The summed E-state index contributed by atoms with van der Waals surface area (Å²) in [5.74, 6) is 1.79. The van der Waals surface area contributed by atoms with Gasteiger partial charge in [0.15, 0.2) is 0 Å². The maximum atomic E-state index is 3.70. The van der Waals surface area contributed by atoms with Crippen molar-refractivity contribution in [1.82, 2.24) is 5.32 Å². The monoisotopic (exact) mass is 309 g/mol. The van der Waals surface area contributed by atoms with Gasteiger partial charge in [-0.15, -0.1) is 0 Å². The van der Waals surface area contributed by atoms with Gasteiger partial charge in [0.25, 0.3) is 0 Å². The number of benzene rings is 1. The first-order valence-corrected chi connectivity index (χ1v) is 7.94. The normalized spacial score (nSPS) is 25.9. The second-order valence-electron chi connectivity index (χ2n) is 5.79. The molecule has 1 fully saturated rings. The minimum absolute atomic E-state index is 0.429. The van der Waals surface area contributed by atoms with Gasteiger partial charge in [-0.25, -0.2) is 0 Å². The van der Waals surface area contributed by atoms with Crippen LogP contribution in [0.1, 0.15) is 51.1 Å². The molecule has 0 saturated heterocycles. The molecule has 2 unspecified atom stereocenters. The van der Waals surface area contributed by atoms with Gasteiger partial charge >= 0.3 is 0 Å². The first kappa shape index (κ1) is 14.1. The summed E-state index contributed by atoms with van der Waals surface area (Å²) in [7, 11) is 0. The van der Waals surface area contributed by atoms with Gasteiger partial charge in [0.1, 0.15) is 0 Å². The van der Waals surface area contributed by atoms with E-state index in [1.54, 1.807) is 0 Å². The lowest BCUT2D eigenvalue weighted by molar-refractivity contribution is 0.268. The SMILES string of the molecule is CC1CCCC(CN[C@H](C)c2ccccc2Br)C1. The molecule has 1 aromatic rings. The van der Waals surface area contributed by atoms with Crippen molar-refractivity contribution < 1.29 is 0 Å². The maximum absolute atomic E-state index is 3.70. The van der Waals surface area contributed by atoms with Crippen LogP contribution in [0.5, 0.6) is 0 Å². The molecule has 0 bridgehead atoms. The lowest BCUT2D eigenvalue weighted by Gasteiger charge is -2.28. The summed E-state index contributed by atoms with van der Waals surface area (Å²) in [5.41, 5.74) is 1.36. The van der Waals surface area contributed by atoms with E-state index < -0.39 is 0 Å². The molecule has 0 radical (unpaired) electrons. The van der Waals surface area contributed by atoms with Crippen LogP contribution in [-0.2, 0) is 0 Å². The first-order chi connectivity index (χ1) is 8.66. The van der Waals surface area contributed by atoms with Crippen LogP contribution in [-0.4, -0.2) is 6.54 Å². The number of halogens is 1. The van der Waals surface area contributed by atoms with E-state index in [4.69, 9.17) is 0 Å². The van der Waals surface area contributed by atoms with E-state index in [-0.39, 0.29) is 0 Å². The van der Waals surface area contributed by atoms with Gasteiger partial charge < -0.3 is 5.32 Å². The Morgan fingerprint density at radius 3 is 2.83 bits per heavy atom. The molecule has 0 spiro atoms. The van der Waals surface area contributed by atoms with Gasteiger partial charge in [-0.05, 0) is 49.8 Å². The van der Waals surface area contributed by atoms with E-state index in [0.717, 1.165) is 18.4 Å². The Morgan fingerprint density at radius 1 is 1.33 bits per heavy atom. The van der Waals surface area contributed by atoms with E-state index in [0.29, 0.717) is 6.04 Å². The Balaban J connectivity index is 1.84. The molecule has 2 rings (SSSR count). The van der Waals surface area contributed by atoms with Crippen molar-refractivity contribution in [3.8, 4) is 0 Å². The molecule has 1 nitrogen and oxygen atoms in total. The quantitative estimate of drug-likeness (QED) is 0.832. The smallest absolute Gasteiger partial charge is 0.0303 e. The van der Waals surface area contributed by atoms with Gasteiger partial charge in [0.2, 0.25) is 0 Å². The Labute approximate surface area is 119 Å². The number of hydrogen-bond donors (Lipinski definition) is 1. The zero-order valence-corrected chi connectivity index (χ0v) is 13.0. The van der Waals surface area contributed by atoms with E-state index in [1.807, 2.05) is 0 Å². The second kappa shape index (κ2) is 6.72. The third-order valence-electron chi connectivity index (χ3n) is 4.13. The van der Waals surface area contributed by atoms with E-state index >= 15 is 0 Å². The molecule has 18 heavy (non-hydrogen) atoms. The highest BCUT2D eigenvalue weighted by molar-refractivity contribution is 9.10. The summed E-state index contributed by atoms with van der Waals surface area (Å²) in [6, 6.07) is 8.93. The molecule has 1 aliphatic rings. The zero-order chi connectivity index (χ0) is 13.0. The second-order valence-corrected chi connectivity index (χ2v) is 6.64. The van der Waals surface area contributed by atoms with Crippen LogP contribution >= 0.6 is 15.9 Å². The van der Waals surface area contributed by atoms with Crippen molar-refractivity contribution in [1.29, 1.82) is 0 Å². The van der Waals surface area contributed by atoms with Crippen LogP contribution in [0.2, 0.25) is 0 Å². The minimum atomic E-state index is 0.429. The molecule has 0 amide bonds. The van der Waals surface area contributed by atoms with E-state index in [2.05, 4.69) is 59.4 Å². The van der Waals surface area contributed by atoms with Crippen molar-refractivity contribution in [3.63, 3.8) is 0 Å². The molecule has 3 atom stereocenters. The van der Waals surface area contributed by atoms with Gasteiger partial charge in [-0.1, -0.05) is 53.9 Å². The molecule has 0 aromatic heterocycles. The minimum Gasteiger partial charge on any atom is -0.310 e. The predicted molar refractivity (Wildman–Crippen MR) is 81.7 cm³/mol. The van der Waals surface area contributed by atoms with Crippen molar-refractivity contribution in [2.24, 2.45) is 11.8 Å². The van der Waals surface area contributed by atoms with Crippen molar-refractivity contribution in [2.45, 2.75) is 45.6 Å². The lowest BCUT2D eigenvalue weighted by Crippen LogP contribution is -2.28. The Hall–Kier alpha value is -0.340. The summed E-state index contributed by atoms with van der Waals surface area (Å²) < 4.78 is 1.21. The fourth-order valence-electron chi connectivity index (χ4n) is 3.02. The first-order valence-electron chi connectivity index (χ1n) is 7.14. The number of nitrogens with one attached hydrogen (secondary N) is 1. The van der Waals surface area contributed by atoms with Gasteiger partial charge in [-0.2, -0.15) is 0 Å². The molecule has 0 heterocycles. The molecule has 100 valence electrons. The molecule has 2 heteroatoms. The number of rotatable bonds is 4. The molecule has 1 saturated carbocycles. The highest BCUT2D eigenvalue weighted by Gasteiger charge is 2.19. The summed E-state index contributed by atoms with van der Waals surface area (Å²) in [6.07, 6.45) is 5.64. The lowest BCUT2D eigenvalue weighted by atomic mass is 9.82. The van der Waals surface area contributed by atoms with E-state index in [1.165, 1.54) is 35.7 Å².